The summed E-state index contributed by atoms with van der Waals surface area (Å²) >= 11 is 1.75. The fourth-order valence-corrected chi connectivity index (χ4v) is 4.24. The lowest BCUT2D eigenvalue weighted by atomic mass is 9.94. The lowest BCUT2D eigenvalue weighted by Crippen LogP contribution is -2.39. The summed E-state index contributed by atoms with van der Waals surface area (Å²) in [6.45, 7) is 7.02. The molecule has 7 heteroatoms. The minimum Gasteiger partial charge on any atom is -0.356 e. The van der Waals surface area contributed by atoms with Gasteiger partial charge in [0, 0.05) is 24.5 Å². The molecule has 1 fully saturated rings. The molecule has 1 saturated carbocycles. The van der Waals surface area contributed by atoms with Gasteiger partial charge in [-0.05, 0) is 46.7 Å². The molecule has 0 aliphatic heterocycles. The second kappa shape index (κ2) is 12.1. The number of halogens is 1. The number of thiazole rings is 1. The number of nitrogens with one attached hydrogen (secondary N) is 2. The molecule has 1 aromatic rings. The zero-order valence-electron chi connectivity index (χ0n) is 16.1. The number of aromatic nitrogens is 1. The van der Waals surface area contributed by atoms with E-state index in [1.54, 1.807) is 11.3 Å². The van der Waals surface area contributed by atoms with Crippen LogP contribution in [-0.4, -0.2) is 49.1 Å². The van der Waals surface area contributed by atoms with Gasteiger partial charge in [-0.1, -0.05) is 19.3 Å². The van der Waals surface area contributed by atoms with E-state index in [9.17, 15) is 0 Å². The van der Waals surface area contributed by atoms with Gasteiger partial charge in [0.15, 0.2) is 5.96 Å². The summed E-state index contributed by atoms with van der Waals surface area (Å²) in [5, 5.41) is 7.93. The third-order valence-electron chi connectivity index (χ3n) is 4.82. The van der Waals surface area contributed by atoms with Crippen molar-refractivity contribution in [3.8, 4) is 0 Å². The Balaban J connectivity index is 0.00000312. The van der Waals surface area contributed by atoms with E-state index in [0.29, 0.717) is 0 Å². The van der Waals surface area contributed by atoms with Crippen molar-refractivity contribution in [2.45, 2.75) is 65.0 Å². The quantitative estimate of drug-likeness (QED) is 0.271. The van der Waals surface area contributed by atoms with E-state index in [-0.39, 0.29) is 24.0 Å². The van der Waals surface area contributed by atoms with E-state index < -0.39 is 0 Å². The SMILES string of the molecule is CN=C(NCCCN(C)C1CCCCC1)NCc1sc(C)nc1C.I. The van der Waals surface area contributed by atoms with Crippen LogP contribution in [0, 0.1) is 13.8 Å². The van der Waals surface area contributed by atoms with Gasteiger partial charge < -0.3 is 15.5 Å². The van der Waals surface area contributed by atoms with Gasteiger partial charge in [0.2, 0.25) is 0 Å². The van der Waals surface area contributed by atoms with Gasteiger partial charge in [-0.15, -0.1) is 35.3 Å². The van der Waals surface area contributed by atoms with Gasteiger partial charge in [0.05, 0.1) is 17.2 Å². The first-order chi connectivity index (χ1) is 11.6. The Labute approximate surface area is 174 Å². The summed E-state index contributed by atoms with van der Waals surface area (Å²) in [4.78, 5) is 12.6. The highest BCUT2D eigenvalue weighted by molar-refractivity contribution is 14.0. The molecule has 2 rings (SSSR count). The molecule has 1 aliphatic carbocycles. The molecule has 0 aromatic carbocycles. The zero-order chi connectivity index (χ0) is 17.4. The first kappa shape index (κ1) is 22.6. The summed E-state index contributed by atoms with van der Waals surface area (Å²) in [5.41, 5.74) is 1.12. The number of hydrogen-bond donors (Lipinski definition) is 2. The van der Waals surface area contributed by atoms with Crippen molar-refractivity contribution in [2.75, 3.05) is 27.2 Å². The third-order valence-corrected chi connectivity index (χ3v) is 5.89. The van der Waals surface area contributed by atoms with Crippen LogP contribution in [0.2, 0.25) is 0 Å². The second-order valence-electron chi connectivity index (χ2n) is 6.72. The molecular weight excluding hydrogens is 445 g/mol. The largest absolute Gasteiger partial charge is 0.356 e. The van der Waals surface area contributed by atoms with Crippen LogP contribution in [0.25, 0.3) is 0 Å². The normalized spacial score (nSPS) is 16.0. The van der Waals surface area contributed by atoms with Gasteiger partial charge in [-0.3, -0.25) is 4.99 Å². The number of guanidine groups is 1. The van der Waals surface area contributed by atoms with Crippen LogP contribution >= 0.6 is 35.3 Å². The smallest absolute Gasteiger partial charge is 0.191 e. The minimum atomic E-state index is 0. The van der Waals surface area contributed by atoms with Gasteiger partial charge >= 0.3 is 0 Å². The highest BCUT2D eigenvalue weighted by Crippen LogP contribution is 2.21. The van der Waals surface area contributed by atoms with E-state index in [2.05, 4.69) is 46.4 Å². The molecule has 0 amide bonds. The van der Waals surface area contributed by atoms with Crippen LogP contribution in [0.15, 0.2) is 4.99 Å². The van der Waals surface area contributed by atoms with Crippen molar-refractivity contribution in [3.05, 3.63) is 15.6 Å². The van der Waals surface area contributed by atoms with E-state index in [1.807, 2.05) is 7.05 Å². The molecule has 0 saturated heterocycles. The Morgan fingerprint density at radius 2 is 1.96 bits per heavy atom. The van der Waals surface area contributed by atoms with E-state index in [0.717, 1.165) is 48.8 Å². The molecule has 1 heterocycles. The maximum Gasteiger partial charge on any atom is 0.191 e. The highest BCUT2D eigenvalue weighted by atomic mass is 127. The predicted molar refractivity (Wildman–Crippen MR) is 119 cm³/mol. The highest BCUT2D eigenvalue weighted by Gasteiger charge is 2.17. The lowest BCUT2D eigenvalue weighted by molar-refractivity contribution is 0.190. The summed E-state index contributed by atoms with van der Waals surface area (Å²) in [5.74, 6) is 0.876. The van der Waals surface area contributed by atoms with Gasteiger partial charge in [0.1, 0.15) is 0 Å². The molecule has 144 valence electrons. The van der Waals surface area contributed by atoms with Crippen LogP contribution in [0.1, 0.15) is 54.1 Å². The van der Waals surface area contributed by atoms with E-state index >= 15 is 0 Å². The van der Waals surface area contributed by atoms with Crippen molar-refractivity contribution in [1.82, 2.24) is 20.5 Å². The lowest BCUT2D eigenvalue weighted by Gasteiger charge is -2.31. The molecule has 5 nitrogen and oxygen atoms in total. The molecule has 0 bridgehead atoms. The van der Waals surface area contributed by atoms with Crippen LogP contribution in [0.5, 0.6) is 0 Å². The van der Waals surface area contributed by atoms with Gasteiger partial charge in [0.25, 0.3) is 0 Å². The molecule has 0 unspecified atom stereocenters. The maximum atomic E-state index is 4.47. The Morgan fingerprint density at radius 1 is 1.24 bits per heavy atom. The summed E-state index contributed by atoms with van der Waals surface area (Å²) < 4.78 is 0. The average molecular weight is 479 g/mol. The standard InChI is InChI=1S/C18H33N5S.HI/c1-14-17(24-15(2)22-14)13-21-18(19-3)20-11-8-12-23(4)16-9-6-5-7-10-16;/h16H,5-13H2,1-4H3,(H2,19,20,21);1H. The molecule has 0 radical (unpaired) electrons. The molecule has 0 spiro atoms. The summed E-state index contributed by atoms with van der Waals surface area (Å²) in [6, 6.07) is 0.800. The molecule has 0 atom stereocenters. The Bertz CT molecular complexity index is 526. The summed E-state index contributed by atoms with van der Waals surface area (Å²) in [7, 11) is 4.10. The van der Waals surface area contributed by atoms with Crippen LogP contribution in [0.3, 0.4) is 0 Å². The number of rotatable bonds is 7. The third kappa shape index (κ3) is 7.78. The Kier molecular flexibility index (Phi) is 10.9. The average Bonchev–Trinajstić information content (AvgIpc) is 2.92. The summed E-state index contributed by atoms with van der Waals surface area (Å²) in [6.07, 6.45) is 8.13. The maximum absolute atomic E-state index is 4.47. The second-order valence-corrected chi connectivity index (χ2v) is 8.01. The number of nitrogens with zero attached hydrogens (tertiary/aromatic N) is 3. The Hall–Kier alpha value is -0.410. The predicted octanol–water partition coefficient (Wildman–Crippen LogP) is 3.70. The molecule has 1 aromatic heterocycles. The zero-order valence-corrected chi connectivity index (χ0v) is 19.2. The first-order valence-corrected chi connectivity index (χ1v) is 9.99. The van der Waals surface area contributed by atoms with E-state index in [4.69, 9.17) is 0 Å². The monoisotopic (exact) mass is 479 g/mol. The molecule has 2 N–H and O–H groups in total. The van der Waals surface area contributed by atoms with Crippen LogP contribution in [-0.2, 0) is 6.54 Å². The Morgan fingerprint density at radius 3 is 2.56 bits per heavy atom. The van der Waals surface area contributed by atoms with E-state index in [1.165, 1.54) is 37.0 Å². The minimum absolute atomic E-state index is 0. The fourth-order valence-electron chi connectivity index (χ4n) is 3.36. The van der Waals surface area contributed by atoms with Crippen molar-refractivity contribution in [2.24, 2.45) is 4.99 Å². The fraction of sp³-hybridized carbons (Fsp3) is 0.778. The van der Waals surface area contributed by atoms with Crippen molar-refractivity contribution < 1.29 is 0 Å². The van der Waals surface area contributed by atoms with Crippen LogP contribution < -0.4 is 10.6 Å². The van der Waals surface area contributed by atoms with Gasteiger partial charge in [-0.25, -0.2) is 4.98 Å². The molecular formula is C18H34IN5S. The van der Waals surface area contributed by atoms with Crippen LogP contribution in [0.4, 0.5) is 0 Å². The van der Waals surface area contributed by atoms with Crippen molar-refractivity contribution in [1.29, 1.82) is 0 Å². The number of aliphatic imine (C=N–C) groups is 1. The number of hydrogen-bond acceptors (Lipinski definition) is 4. The molecule has 25 heavy (non-hydrogen) atoms. The first-order valence-electron chi connectivity index (χ1n) is 9.18. The van der Waals surface area contributed by atoms with Crippen molar-refractivity contribution >= 4 is 41.3 Å². The topological polar surface area (TPSA) is 52.6 Å². The molecule has 1 aliphatic rings. The number of aryl methyl sites for hydroxylation is 2. The van der Waals surface area contributed by atoms with Crippen molar-refractivity contribution in [3.63, 3.8) is 0 Å². The van der Waals surface area contributed by atoms with Gasteiger partial charge in [-0.2, -0.15) is 0 Å².